The molecule has 1 aromatic carbocycles. The van der Waals surface area contributed by atoms with Crippen molar-refractivity contribution in [3.05, 3.63) is 45.7 Å². The Morgan fingerprint density at radius 3 is 2.46 bits per heavy atom. The van der Waals surface area contributed by atoms with E-state index in [1.54, 1.807) is 11.3 Å². The number of rotatable bonds is 4. The molecule has 0 amide bonds. The Labute approximate surface area is 158 Å². The van der Waals surface area contributed by atoms with Crippen LogP contribution in [0.25, 0.3) is 0 Å². The molecule has 26 heavy (non-hydrogen) atoms. The number of halogens is 1. The summed E-state index contributed by atoms with van der Waals surface area (Å²) < 4.78 is 13.1. The van der Waals surface area contributed by atoms with E-state index in [2.05, 4.69) is 33.9 Å². The molecule has 0 aliphatic carbocycles. The molecule has 0 radical (unpaired) electrons. The molecule has 140 valence electrons. The molecule has 0 saturated carbocycles. The van der Waals surface area contributed by atoms with E-state index < -0.39 is 0 Å². The number of aryl methyl sites for hydroxylation is 2. The van der Waals surface area contributed by atoms with Gasteiger partial charge < -0.3 is 15.1 Å². The van der Waals surface area contributed by atoms with Crippen LogP contribution in [0.15, 0.2) is 29.3 Å². The third-order valence-corrected chi connectivity index (χ3v) is 5.60. The summed E-state index contributed by atoms with van der Waals surface area (Å²) >= 11 is 1.72. The van der Waals surface area contributed by atoms with Crippen LogP contribution in [-0.4, -0.2) is 48.6 Å². The van der Waals surface area contributed by atoms with E-state index in [-0.39, 0.29) is 5.82 Å². The number of piperazine rings is 1. The summed E-state index contributed by atoms with van der Waals surface area (Å²) in [4.78, 5) is 15.2. The van der Waals surface area contributed by atoms with Gasteiger partial charge in [0, 0.05) is 43.3 Å². The smallest absolute Gasteiger partial charge is 0.194 e. The van der Waals surface area contributed by atoms with Crippen LogP contribution in [0.5, 0.6) is 0 Å². The number of benzene rings is 1. The molecular formula is C19H26FN5S. The van der Waals surface area contributed by atoms with Gasteiger partial charge in [0.1, 0.15) is 10.8 Å². The summed E-state index contributed by atoms with van der Waals surface area (Å²) in [5.74, 6) is 0.748. The average Bonchev–Trinajstić information content (AvgIpc) is 2.97. The molecule has 1 saturated heterocycles. The van der Waals surface area contributed by atoms with Crippen LogP contribution in [0, 0.1) is 19.7 Å². The van der Waals surface area contributed by atoms with Gasteiger partial charge in [-0.3, -0.25) is 0 Å². The Balaban J connectivity index is 1.62. The van der Waals surface area contributed by atoms with Crippen molar-refractivity contribution in [2.75, 3.05) is 37.6 Å². The highest BCUT2D eigenvalue weighted by molar-refractivity contribution is 7.11. The molecule has 0 atom stereocenters. The standard InChI is InChI=1S/C19H26FN5S/c1-4-21-19(22-13-18-23-14(2)15(3)26-18)25-11-9-24(10-12-25)17-7-5-16(20)6-8-17/h5-8H,4,9-13H2,1-3H3,(H,21,22). The van der Waals surface area contributed by atoms with Gasteiger partial charge in [-0.25, -0.2) is 14.4 Å². The van der Waals surface area contributed by atoms with E-state index in [0.29, 0.717) is 6.54 Å². The fourth-order valence-corrected chi connectivity index (χ4v) is 3.86. The second-order valence-electron chi connectivity index (χ2n) is 6.37. The number of thiazole rings is 1. The molecule has 5 nitrogen and oxygen atoms in total. The Morgan fingerprint density at radius 2 is 1.88 bits per heavy atom. The molecule has 1 aliphatic heterocycles. The van der Waals surface area contributed by atoms with Gasteiger partial charge >= 0.3 is 0 Å². The van der Waals surface area contributed by atoms with Crippen LogP contribution in [0.4, 0.5) is 10.1 Å². The highest BCUT2D eigenvalue weighted by Crippen LogP contribution is 2.18. The van der Waals surface area contributed by atoms with Gasteiger partial charge in [-0.2, -0.15) is 0 Å². The summed E-state index contributed by atoms with van der Waals surface area (Å²) in [6, 6.07) is 6.73. The number of aromatic nitrogens is 1. The highest BCUT2D eigenvalue weighted by atomic mass is 32.1. The predicted molar refractivity (Wildman–Crippen MR) is 107 cm³/mol. The van der Waals surface area contributed by atoms with E-state index in [1.165, 1.54) is 17.0 Å². The number of aliphatic imine (C=N–C) groups is 1. The van der Waals surface area contributed by atoms with Crippen LogP contribution in [-0.2, 0) is 6.54 Å². The van der Waals surface area contributed by atoms with E-state index in [0.717, 1.165) is 55.1 Å². The lowest BCUT2D eigenvalue weighted by Gasteiger charge is -2.37. The van der Waals surface area contributed by atoms with Crippen molar-refractivity contribution in [3.63, 3.8) is 0 Å². The van der Waals surface area contributed by atoms with Crippen molar-refractivity contribution in [1.29, 1.82) is 0 Å². The average molecular weight is 376 g/mol. The zero-order valence-electron chi connectivity index (χ0n) is 15.6. The number of anilines is 1. The monoisotopic (exact) mass is 375 g/mol. The van der Waals surface area contributed by atoms with Crippen LogP contribution in [0.1, 0.15) is 22.5 Å². The molecular weight excluding hydrogens is 349 g/mol. The quantitative estimate of drug-likeness (QED) is 0.658. The first-order chi connectivity index (χ1) is 12.6. The summed E-state index contributed by atoms with van der Waals surface area (Å²) in [6.07, 6.45) is 0. The van der Waals surface area contributed by atoms with E-state index in [4.69, 9.17) is 4.99 Å². The highest BCUT2D eigenvalue weighted by Gasteiger charge is 2.20. The van der Waals surface area contributed by atoms with Gasteiger partial charge in [0.2, 0.25) is 0 Å². The summed E-state index contributed by atoms with van der Waals surface area (Å²) in [7, 11) is 0. The molecule has 1 fully saturated rings. The van der Waals surface area contributed by atoms with E-state index >= 15 is 0 Å². The Kier molecular flexibility index (Phi) is 6.08. The number of nitrogens with one attached hydrogen (secondary N) is 1. The lowest BCUT2D eigenvalue weighted by atomic mass is 10.2. The fraction of sp³-hybridized carbons (Fsp3) is 0.474. The molecule has 0 spiro atoms. The Hall–Kier alpha value is -2.15. The van der Waals surface area contributed by atoms with Crippen molar-refractivity contribution in [1.82, 2.24) is 15.2 Å². The molecule has 1 N–H and O–H groups in total. The van der Waals surface area contributed by atoms with Gasteiger partial charge in [0.15, 0.2) is 5.96 Å². The second kappa shape index (κ2) is 8.49. The minimum Gasteiger partial charge on any atom is -0.368 e. The minimum atomic E-state index is -0.193. The van der Waals surface area contributed by atoms with Crippen LogP contribution >= 0.6 is 11.3 Å². The summed E-state index contributed by atoms with van der Waals surface area (Å²) in [6.45, 7) is 11.2. The molecule has 0 bridgehead atoms. The van der Waals surface area contributed by atoms with Crippen molar-refractivity contribution >= 4 is 23.0 Å². The maximum Gasteiger partial charge on any atom is 0.194 e. The normalized spacial score (nSPS) is 15.5. The number of nitrogens with zero attached hydrogens (tertiary/aromatic N) is 4. The maximum atomic E-state index is 13.1. The Bertz CT molecular complexity index is 728. The molecule has 1 aliphatic rings. The number of hydrogen-bond donors (Lipinski definition) is 1. The number of hydrogen-bond acceptors (Lipinski definition) is 4. The first kappa shape index (κ1) is 18.6. The van der Waals surface area contributed by atoms with Crippen LogP contribution in [0.3, 0.4) is 0 Å². The van der Waals surface area contributed by atoms with Gasteiger partial charge in [-0.05, 0) is 45.0 Å². The molecule has 2 heterocycles. The molecule has 1 aromatic heterocycles. The van der Waals surface area contributed by atoms with Crippen LogP contribution in [0.2, 0.25) is 0 Å². The first-order valence-corrected chi connectivity index (χ1v) is 9.85. The summed E-state index contributed by atoms with van der Waals surface area (Å²) in [5.41, 5.74) is 2.17. The van der Waals surface area contributed by atoms with Gasteiger partial charge in [0.05, 0.1) is 12.2 Å². The lowest BCUT2D eigenvalue weighted by Crippen LogP contribution is -2.52. The lowest BCUT2D eigenvalue weighted by molar-refractivity contribution is 0.372. The topological polar surface area (TPSA) is 43.8 Å². The van der Waals surface area contributed by atoms with Gasteiger partial charge in [0.25, 0.3) is 0 Å². The van der Waals surface area contributed by atoms with E-state index in [1.807, 2.05) is 19.1 Å². The van der Waals surface area contributed by atoms with Gasteiger partial charge in [-0.1, -0.05) is 0 Å². The SMILES string of the molecule is CCNC(=NCc1nc(C)c(C)s1)N1CCN(c2ccc(F)cc2)CC1. The number of guanidine groups is 1. The minimum absolute atomic E-state index is 0.193. The summed E-state index contributed by atoms with van der Waals surface area (Å²) in [5, 5.41) is 4.45. The van der Waals surface area contributed by atoms with Crippen molar-refractivity contribution < 1.29 is 4.39 Å². The van der Waals surface area contributed by atoms with Crippen molar-refractivity contribution in [2.24, 2.45) is 4.99 Å². The zero-order chi connectivity index (χ0) is 18.5. The molecule has 2 aromatic rings. The predicted octanol–water partition coefficient (Wildman–Crippen LogP) is 3.19. The Morgan fingerprint density at radius 1 is 1.19 bits per heavy atom. The van der Waals surface area contributed by atoms with Crippen molar-refractivity contribution in [3.8, 4) is 0 Å². The first-order valence-electron chi connectivity index (χ1n) is 9.03. The van der Waals surface area contributed by atoms with Gasteiger partial charge in [-0.15, -0.1) is 11.3 Å². The van der Waals surface area contributed by atoms with Crippen LogP contribution < -0.4 is 10.2 Å². The molecule has 3 rings (SSSR count). The van der Waals surface area contributed by atoms with E-state index in [9.17, 15) is 4.39 Å². The molecule has 0 unspecified atom stereocenters. The second-order valence-corrected chi connectivity index (χ2v) is 7.66. The zero-order valence-corrected chi connectivity index (χ0v) is 16.4. The third-order valence-electron chi connectivity index (χ3n) is 4.54. The third kappa shape index (κ3) is 4.52. The maximum absolute atomic E-state index is 13.1. The van der Waals surface area contributed by atoms with Crippen molar-refractivity contribution in [2.45, 2.75) is 27.3 Å². The fourth-order valence-electron chi connectivity index (χ4n) is 3.00. The largest absolute Gasteiger partial charge is 0.368 e. The molecule has 7 heteroatoms.